The second-order valence-corrected chi connectivity index (χ2v) is 6.55. The zero-order valence-electron chi connectivity index (χ0n) is 14.9. The van der Waals surface area contributed by atoms with Gasteiger partial charge in [0, 0.05) is 50.2 Å². The fourth-order valence-electron chi connectivity index (χ4n) is 3.20. The summed E-state index contributed by atoms with van der Waals surface area (Å²) in [4.78, 5) is 17.3. The van der Waals surface area contributed by atoms with Gasteiger partial charge in [-0.3, -0.25) is 4.98 Å². The van der Waals surface area contributed by atoms with Crippen LogP contribution >= 0.6 is 0 Å². The van der Waals surface area contributed by atoms with Crippen molar-refractivity contribution >= 4 is 11.6 Å². The van der Waals surface area contributed by atoms with Crippen molar-refractivity contribution in [2.45, 2.75) is 25.8 Å². The van der Waals surface area contributed by atoms with Gasteiger partial charge in [-0.05, 0) is 31.4 Å². The first-order chi connectivity index (χ1) is 12.8. The van der Waals surface area contributed by atoms with Crippen molar-refractivity contribution < 1.29 is 4.52 Å². The predicted octanol–water partition coefficient (Wildman–Crippen LogP) is 3.15. The van der Waals surface area contributed by atoms with Crippen LogP contribution < -0.4 is 9.80 Å². The Bertz CT molecular complexity index is 844. The fourth-order valence-corrected chi connectivity index (χ4v) is 3.20. The van der Waals surface area contributed by atoms with Crippen LogP contribution in [0.4, 0.5) is 11.6 Å². The number of aromatic nitrogens is 4. The Morgan fingerprint density at radius 1 is 1.08 bits per heavy atom. The molecule has 0 amide bonds. The van der Waals surface area contributed by atoms with E-state index < -0.39 is 0 Å². The standard InChI is InChI=1S/C19H22N6O/c1-24(13-16-11-17(23-26-16)15-5-7-20-8-6-15)18-12-19(22-14-21-18)25-9-3-2-4-10-25/h5-8,11-12,14H,2-4,9-10,13H2,1H3. The van der Waals surface area contributed by atoms with Crippen LogP contribution in [0.5, 0.6) is 0 Å². The van der Waals surface area contributed by atoms with Gasteiger partial charge in [-0.25, -0.2) is 9.97 Å². The zero-order chi connectivity index (χ0) is 17.8. The summed E-state index contributed by atoms with van der Waals surface area (Å²) in [7, 11) is 2.00. The fraction of sp³-hybridized carbons (Fsp3) is 0.368. The van der Waals surface area contributed by atoms with Gasteiger partial charge in [0.05, 0.1) is 6.54 Å². The van der Waals surface area contributed by atoms with Crippen LogP contribution in [0.2, 0.25) is 0 Å². The van der Waals surface area contributed by atoms with Crippen molar-refractivity contribution in [3.05, 3.63) is 48.7 Å². The second-order valence-electron chi connectivity index (χ2n) is 6.55. The highest BCUT2D eigenvalue weighted by atomic mass is 16.5. The summed E-state index contributed by atoms with van der Waals surface area (Å²) in [5.41, 5.74) is 1.81. The smallest absolute Gasteiger partial charge is 0.156 e. The van der Waals surface area contributed by atoms with Gasteiger partial charge in [-0.2, -0.15) is 0 Å². The Balaban J connectivity index is 1.46. The maximum atomic E-state index is 5.49. The van der Waals surface area contributed by atoms with E-state index in [1.54, 1.807) is 18.7 Å². The summed E-state index contributed by atoms with van der Waals surface area (Å²) in [5.74, 6) is 2.66. The molecule has 134 valence electrons. The normalized spacial score (nSPS) is 14.4. The third-order valence-electron chi connectivity index (χ3n) is 4.64. The highest BCUT2D eigenvalue weighted by molar-refractivity contribution is 5.58. The first-order valence-corrected chi connectivity index (χ1v) is 8.94. The number of hydrogen-bond acceptors (Lipinski definition) is 7. The summed E-state index contributed by atoms with van der Waals surface area (Å²) in [6.07, 6.45) is 8.89. The zero-order valence-corrected chi connectivity index (χ0v) is 14.9. The van der Waals surface area contributed by atoms with Gasteiger partial charge in [-0.1, -0.05) is 5.16 Å². The Morgan fingerprint density at radius 2 is 1.88 bits per heavy atom. The third-order valence-corrected chi connectivity index (χ3v) is 4.64. The molecule has 3 aromatic heterocycles. The lowest BCUT2D eigenvalue weighted by Crippen LogP contribution is -2.30. The molecule has 3 aromatic rings. The maximum absolute atomic E-state index is 5.49. The van der Waals surface area contributed by atoms with Crippen LogP contribution in [-0.2, 0) is 6.54 Å². The van der Waals surface area contributed by atoms with Gasteiger partial charge in [0.1, 0.15) is 23.7 Å². The molecule has 1 aliphatic heterocycles. The topological polar surface area (TPSA) is 71.2 Å². The third kappa shape index (κ3) is 3.66. The Morgan fingerprint density at radius 3 is 2.69 bits per heavy atom. The van der Waals surface area contributed by atoms with Crippen LogP contribution in [0.1, 0.15) is 25.0 Å². The summed E-state index contributed by atoms with van der Waals surface area (Å²) < 4.78 is 5.49. The molecule has 1 fully saturated rings. The molecule has 1 saturated heterocycles. The van der Waals surface area contributed by atoms with E-state index in [9.17, 15) is 0 Å². The van der Waals surface area contributed by atoms with Crippen LogP contribution in [0.3, 0.4) is 0 Å². The SMILES string of the molecule is CN(Cc1cc(-c2ccncc2)no1)c1cc(N2CCCCC2)ncn1. The number of pyridine rings is 1. The molecule has 26 heavy (non-hydrogen) atoms. The number of anilines is 2. The molecule has 4 heterocycles. The molecule has 0 atom stereocenters. The minimum atomic E-state index is 0.592. The number of hydrogen-bond donors (Lipinski definition) is 0. The summed E-state index contributed by atoms with van der Waals surface area (Å²) in [6, 6.07) is 7.84. The van der Waals surface area contributed by atoms with E-state index in [-0.39, 0.29) is 0 Å². The molecule has 0 bridgehead atoms. The van der Waals surface area contributed by atoms with Crippen molar-refractivity contribution in [3.8, 4) is 11.3 Å². The minimum Gasteiger partial charge on any atom is -0.359 e. The van der Waals surface area contributed by atoms with Crippen molar-refractivity contribution in [2.24, 2.45) is 0 Å². The highest BCUT2D eigenvalue weighted by Gasteiger charge is 2.15. The second kappa shape index (κ2) is 7.51. The Hall–Kier alpha value is -2.96. The molecule has 0 aromatic carbocycles. The highest BCUT2D eigenvalue weighted by Crippen LogP contribution is 2.23. The summed E-state index contributed by atoms with van der Waals surface area (Å²) >= 11 is 0. The average molecular weight is 350 g/mol. The predicted molar refractivity (Wildman–Crippen MR) is 99.9 cm³/mol. The van der Waals surface area contributed by atoms with Crippen molar-refractivity contribution in [1.29, 1.82) is 0 Å². The van der Waals surface area contributed by atoms with E-state index >= 15 is 0 Å². The molecule has 0 N–H and O–H groups in total. The first kappa shape index (κ1) is 16.5. The number of piperidine rings is 1. The Labute approximate surface area is 152 Å². The molecule has 4 rings (SSSR count). The van der Waals surface area contributed by atoms with Crippen LogP contribution in [0.25, 0.3) is 11.3 Å². The average Bonchev–Trinajstić information content (AvgIpc) is 3.18. The summed E-state index contributed by atoms with van der Waals surface area (Å²) in [6.45, 7) is 2.73. The van der Waals surface area contributed by atoms with Gasteiger partial charge >= 0.3 is 0 Å². The Kier molecular flexibility index (Phi) is 4.77. The van der Waals surface area contributed by atoms with E-state index in [1.165, 1.54) is 19.3 Å². The molecule has 7 heteroatoms. The largest absolute Gasteiger partial charge is 0.359 e. The van der Waals surface area contributed by atoms with Crippen molar-refractivity contribution in [2.75, 3.05) is 29.9 Å². The van der Waals surface area contributed by atoms with E-state index in [0.717, 1.165) is 41.7 Å². The molecular weight excluding hydrogens is 328 g/mol. The lowest BCUT2D eigenvalue weighted by Gasteiger charge is -2.28. The van der Waals surface area contributed by atoms with Crippen molar-refractivity contribution in [3.63, 3.8) is 0 Å². The molecule has 0 unspecified atom stereocenters. The first-order valence-electron chi connectivity index (χ1n) is 8.94. The van der Waals surface area contributed by atoms with E-state index in [2.05, 4.69) is 25.0 Å². The minimum absolute atomic E-state index is 0.592. The van der Waals surface area contributed by atoms with Gasteiger partial charge < -0.3 is 14.3 Å². The molecule has 1 aliphatic rings. The van der Waals surface area contributed by atoms with Crippen LogP contribution in [-0.4, -0.2) is 40.2 Å². The van der Waals surface area contributed by atoms with Gasteiger partial charge in [-0.15, -0.1) is 0 Å². The van der Waals surface area contributed by atoms with E-state index in [0.29, 0.717) is 6.54 Å². The van der Waals surface area contributed by atoms with E-state index in [4.69, 9.17) is 4.52 Å². The monoisotopic (exact) mass is 350 g/mol. The van der Waals surface area contributed by atoms with E-state index in [1.807, 2.05) is 36.2 Å². The number of nitrogens with zero attached hydrogens (tertiary/aromatic N) is 6. The van der Waals surface area contributed by atoms with Gasteiger partial charge in [0.25, 0.3) is 0 Å². The lowest BCUT2D eigenvalue weighted by atomic mass is 10.1. The molecule has 0 aliphatic carbocycles. The maximum Gasteiger partial charge on any atom is 0.156 e. The summed E-state index contributed by atoms with van der Waals surface area (Å²) in [5, 5.41) is 4.15. The molecule has 0 spiro atoms. The molecule has 0 saturated carbocycles. The van der Waals surface area contributed by atoms with Crippen LogP contribution in [0.15, 0.2) is 47.5 Å². The molecule has 7 nitrogen and oxygen atoms in total. The quantitative estimate of drug-likeness (QED) is 0.700. The van der Waals surface area contributed by atoms with Gasteiger partial charge in [0.2, 0.25) is 0 Å². The van der Waals surface area contributed by atoms with Gasteiger partial charge in [0.15, 0.2) is 5.76 Å². The molecular formula is C19H22N6O. The van der Waals surface area contributed by atoms with Crippen LogP contribution in [0, 0.1) is 0 Å². The molecule has 0 radical (unpaired) electrons. The number of rotatable bonds is 5. The lowest BCUT2D eigenvalue weighted by molar-refractivity contribution is 0.384. The van der Waals surface area contributed by atoms with Crippen molar-refractivity contribution in [1.82, 2.24) is 20.1 Å².